The van der Waals surface area contributed by atoms with Crippen molar-refractivity contribution in [2.75, 3.05) is 0 Å². The van der Waals surface area contributed by atoms with Crippen LogP contribution in [0.1, 0.15) is 18.6 Å². The number of nitrogens with zero attached hydrogens (tertiary/aromatic N) is 1. The van der Waals surface area contributed by atoms with Gasteiger partial charge in [0.05, 0.1) is 6.10 Å². The summed E-state index contributed by atoms with van der Waals surface area (Å²) in [6, 6.07) is 15.5. The van der Waals surface area contributed by atoms with Gasteiger partial charge in [0.25, 0.3) is 5.22 Å². The summed E-state index contributed by atoms with van der Waals surface area (Å²) in [5.74, 6) is 0. The first-order chi connectivity index (χ1) is 9.22. The van der Waals surface area contributed by atoms with Crippen LogP contribution in [0.2, 0.25) is 0 Å². The molecule has 0 bridgehead atoms. The van der Waals surface area contributed by atoms with E-state index in [4.69, 9.17) is 4.42 Å². The minimum Gasteiger partial charge on any atom is -0.431 e. The standard InChI is InChI=1S/C15H13NO2S/c1-10(17)11-6-8-12(9-7-11)19-15-16-13-4-2-3-5-14(13)18-15/h2-10,17H,1H3/t10-/m1/s1. The molecule has 3 rings (SSSR count). The molecule has 19 heavy (non-hydrogen) atoms. The van der Waals surface area contributed by atoms with Gasteiger partial charge in [-0.15, -0.1) is 0 Å². The number of para-hydroxylation sites is 2. The molecule has 0 saturated heterocycles. The van der Waals surface area contributed by atoms with E-state index in [1.807, 2.05) is 48.5 Å². The second-order valence-electron chi connectivity index (χ2n) is 4.29. The normalized spacial score (nSPS) is 12.7. The Morgan fingerprint density at radius 2 is 1.84 bits per heavy atom. The summed E-state index contributed by atoms with van der Waals surface area (Å²) in [6.07, 6.45) is -0.441. The SMILES string of the molecule is C[C@@H](O)c1ccc(Sc2nc3ccccc3o2)cc1. The van der Waals surface area contributed by atoms with Gasteiger partial charge in [-0.25, -0.2) is 4.98 Å². The maximum Gasteiger partial charge on any atom is 0.261 e. The average molecular weight is 271 g/mol. The van der Waals surface area contributed by atoms with E-state index in [1.54, 1.807) is 6.92 Å². The molecular formula is C15H13NO2S. The lowest BCUT2D eigenvalue weighted by Crippen LogP contribution is -1.89. The highest BCUT2D eigenvalue weighted by atomic mass is 32.2. The van der Waals surface area contributed by atoms with E-state index in [9.17, 15) is 5.11 Å². The van der Waals surface area contributed by atoms with Crippen molar-refractivity contribution >= 4 is 22.9 Å². The number of benzene rings is 2. The van der Waals surface area contributed by atoms with Gasteiger partial charge in [0.15, 0.2) is 5.58 Å². The van der Waals surface area contributed by atoms with Gasteiger partial charge < -0.3 is 9.52 Å². The molecule has 1 atom stereocenters. The monoisotopic (exact) mass is 271 g/mol. The minimum absolute atomic E-state index is 0.441. The van der Waals surface area contributed by atoms with Crippen molar-refractivity contribution in [1.82, 2.24) is 4.98 Å². The van der Waals surface area contributed by atoms with Crippen LogP contribution in [0.3, 0.4) is 0 Å². The molecule has 3 aromatic rings. The van der Waals surface area contributed by atoms with E-state index >= 15 is 0 Å². The summed E-state index contributed by atoms with van der Waals surface area (Å²) < 4.78 is 5.65. The second kappa shape index (κ2) is 5.07. The molecule has 0 fully saturated rings. The third kappa shape index (κ3) is 2.64. The van der Waals surface area contributed by atoms with Crippen LogP contribution in [0.4, 0.5) is 0 Å². The number of rotatable bonds is 3. The van der Waals surface area contributed by atoms with Crippen LogP contribution in [0.15, 0.2) is 63.1 Å². The molecule has 0 unspecified atom stereocenters. The Morgan fingerprint density at radius 1 is 1.11 bits per heavy atom. The zero-order valence-electron chi connectivity index (χ0n) is 10.4. The van der Waals surface area contributed by atoms with E-state index in [1.165, 1.54) is 11.8 Å². The van der Waals surface area contributed by atoms with Gasteiger partial charge in [-0.1, -0.05) is 24.3 Å². The predicted molar refractivity (Wildman–Crippen MR) is 75.2 cm³/mol. The zero-order valence-corrected chi connectivity index (χ0v) is 11.2. The number of aliphatic hydroxyl groups excluding tert-OH is 1. The first kappa shape index (κ1) is 12.3. The summed E-state index contributed by atoms with van der Waals surface area (Å²) in [6.45, 7) is 1.75. The fourth-order valence-electron chi connectivity index (χ4n) is 1.81. The number of aliphatic hydroxyl groups is 1. The summed E-state index contributed by atoms with van der Waals surface area (Å²) in [5.41, 5.74) is 2.57. The molecule has 0 spiro atoms. The molecule has 0 aliphatic rings. The Morgan fingerprint density at radius 3 is 2.53 bits per heavy atom. The molecule has 1 aromatic heterocycles. The van der Waals surface area contributed by atoms with Crippen LogP contribution in [0, 0.1) is 0 Å². The Kier molecular flexibility index (Phi) is 3.27. The average Bonchev–Trinajstić information content (AvgIpc) is 2.81. The van der Waals surface area contributed by atoms with Gasteiger partial charge in [-0.2, -0.15) is 0 Å². The van der Waals surface area contributed by atoms with Crippen LogP contribution in [0.5, 0.6) is 0 Å². The van der Waals surface area contributed by atoms with Gasteiger partial charge >= 0.3 is 0 Å². The smallest absolute Gasteiger partial charge is 0.261 e. The highest BCUT2D eigenvalue weighted by Gasteiger charge is 2.07. The lowest BCUT2D eigenvalue weighted by Gasteiger charge is -2.04. The van der Waals surface area contributed by atoms with E-state index in [0.717, 1.165) is 21.6 Å². The van der Waals surface area contributed by atoms with Crippen molar-refractivity contribution in [2.24, 2.45) is 0 Å². The van der Waals surface area contributed by atoms with Gasteiger partial charge in [0.2, 0.25) is 0 Å². The van der Waals surface area contributed by atoms with Gasteiger partial charge in [-0.05, 0) is 48.5 Å². The maximum atomic E-state index is 9.46. The third-order valence-corrected chi connectivity index (χ3v) is 3.70. The number of hydrogen-bond acceptors (Lipinski definition) is 4. The topological polar surface area (TPSA) is 46.3 Å². The summed E-state index contributed by atoms with van der Waals surface area (Å²) in [4.78, 5) is 5.45. The Hall–Kier alpha value is -1.78. The van der Waals surface area contributed by atoms with Crippen molar-refractivity contribution < 1.29 is 9.52 Å². The Balaban J connectivity index is 1.84. The van der Waals surface area contributed by atoms with Crippen molar-refractivity contribution in [1.29, 1.82) is 0 Å². The maximum absolute atomic E-state index is 9.46. The number of aromatic nitrogens is 1. The minimum atomic E-state index is -0.441. The molecule has 0 aliphatic heterocycles. The van der Waals surface area contributed by atoms with Crippen molar-refractivity contribution in [3.63, 3.8) is 0 Å². The summed E-state index contributed by atoms with van der Waals surface area (Å²) in [5, 5.41) is 10.1. The van der Waals surface area contributed by atoms with Gasteiger partial charge in [0.1, 0.15) is 5.52 Å². The van der Waals surface area contributed by atoms with E-state index in [-0.39, 0.29) is 0 Å². The van der Waals surface area contributed by atoms with Crippen LogP contribution in [-0.2, 0) is 0 Å². The Labute approximate surface area is 115 Å². The fourth-order valence-corrected chi connectivity index (χ4v) is 2.56. The van der Waals surface area contributed by atoms with Gasteiger partial charge in [0, 0.05) is 4.90 Å². The second-order valence-corrected chi connectivity index (χ2v) is 5.32. The van der Waals surface area contributed by atoms with E-state index < -0.39 is 6.10 Å². The van der Waals surface area contributed by atoms with Crippen LogP contribution >= 0.6 is 11.8 Å². The highest BCUT2D eigenvalue weighted by molar-refractivity contribution is 7.99. The highest BCUT2D eigenvalue weighted by Crippen LogP contribution is 2.30. The molecule has 0 aliphatic carbocycles. The number of oxazole rings is 1. The van der Waals surface area contributed by atoms with Gasteiger partial charge in [-0.3, -0.25) is 0 Å². The molecule has 1 N–H and O–H groups in total. The number of hydrogen-bond donors (Lipinski definition) is 1. The summed E-state index contributed by atoms with van der Waals surface area (Å²) >= 11 is 1.47. The third-order valence-electron chi connectivity index (χ3n) is 2.84. The first-order valence-corrected chi connectivity index (χ1v) is 6.85. The molecule has 96 valence electrons. The van der Waals surface area contributed by atoms with Crippen molar-refractivity contribution in [2.45, 2.75) is 23.1 Å². The lowest BCUT2D eigenvalue weighted by molar-refractivity contribution is 0.199. The fraction of sp³-hybridized carbons (Fsp3) is 0.133. The molecular weight excluding hydrogens is 258 g/mol. The van der Waals surface area contributed by atoms with Crippen molar-refractivity contribution in [3.8, 4) is 0 Å². The largest absolute Gasteiger partial charge is 0.431 e. The molecule has 2 aromatic carbocycles. The Bertz CT molecular complexity index is 656. The lowest BCUT2D eigenvalue weighted by atomic mass is 10.1. The van der Waals surface area contributed by atoms with Crippen LogP contribution in [-0.4, -0.2) is 10.1 Å². The number of fused-ring (bicyclic) bond motifs is 1. The molecule has 4 heteroatoms. The molecule has 0 radical (unpaired) electrons. The van der Waals surface area contributed by atoms with E-state index in [0.29, 0.717) is 5.22 Å². The zero-order chi connectivity index (χ0) is 13.2. The molecule has 1 heterocycles. The molecule has 3 nitrogen and oxygen atoms in total. The van der Waals surface area contributed by atoms with Crippen LogP contribution < -0.4 is 0 Å². The molecule has 0 saturated carbocycles. The first-order valence-electron chi connectivity index (χ1n) is 6.04. The predicted octanol–water partition coefficient (Wildman–Crippen LogP) is 4.03. The van der Waals surface area contributed by atoms with Crippen LogP contribution in [0.25, 0.3) is 11.1 Å². The van der Waals surface area contributed by atoms with E-state index in [2.05, 4.69) is 4.98 Å². The summed E-state index contributed by atoms with van der Waals surface area (Å²) in [7, 11) is 0. The quantitative estimate of drug-likeness (QED) is 0.781. The molecule has 0 amide bonds. The van der Waals surface area contributed by atoms with Crippen molar-refractivity contribution in [3.05, 3.63) is 54.1 Å².